The van der Waals surface area contributed by atoms with Gasteiger partial charge in [0.1, 0.15) is 0 Å². The first-order valence-corrected chi connectivity index (χ1v) is 11.7. The molecule has 0 fully saturated rings. The van der Waals surface area contributed by atoms with Gasteiger partial charge in [-0.2, -0.15) is 52.7 Å². The van der Waals surface area contributed by atoms with Crippen LogP contribution in [0.5, 0.6) is 0 Å². The molecule has 48 heavy (non-hydrogen) atoms. The minimum atomic E-state index is -7.32. The second-order valence-corrected chi connectivity index (χ2v) is 10.7. The number of hydrogen-bond acceptors (Lipinski definition) is 14. The first kappa shape index (κ1) is 104. The van der Waals surface area contributed by atoms with Gasteiger partial charge in [-0.25, -0.2) is 33.7 Å². The van der Waals surface area contributed by atoms with Crippen LogP contribution in [0.4, 0.5) is 52.7 Å². The Kier molecular flexibility index (Phi) is 59.7. The molecular weight excluding hydrogens is 902 g/mol. The maximum Gasteiger partial charge on any atom is 3.00 e. The summed E-state index contributed by atoms with van der Waals surface area (Å²) in [5, 5.41) is -27.9. The largest absolute Gasteiger partial charge is 3.00 e. The van der Waals surface area contributed by atoms with Crippen molar-refractivity contribution >= 4 is 40.5 Å². The molecule has 0 aliphatic heterocycles. The molecule has 0 saturated heterocycles. The van der Waals surface area contributed by atoms with Crippen molar-refractivity contribution in [2.45, 2.75) is 32.9 Å². The van der Waals surface area contributed by atoms with Gasteiger partial charge in [-0.3, -0.25) is 0 Å². The third-order valence-electron chi connectivity index (χ3n) is 2.72. The van der Waals surface area contributed by atoms with E-state index in [1.165, 1.54) is 0 Å². The van der Waals surface area contributed by atoms with E-state index in [2.05, 4.69) is 0 Å². The summed E-state index contributed by atoms with van der Waals surface area (Å²) in [7, 11) is -29.3. The average molecular weight is 924 g/mol. The Balaban J connectivity index is -0.0000000236. The molecule has 42 heteroatoms. The van der Waals surface area contributed by atoms with Gasteiger partial charge in [0.2, 0.25) is 0 Å². The predicted molar refractivity (Wildman–Crippen MR) is 108 cm³/mol. The van der Waals surface area contributed by atoms with Crippen LogP contribution in [0, 0.1) is 0 Å². The fraction of sp³-hybridized carbons (Fsp3) is 1.00. The van der Waals surface area contributed by atoms with Gasteiger partial charge < -0.3 is 83.9 Å². The minimum absolute atomic E-state index is 0. The van der Waals surface area contributed by atoms with E-state index in [9.17, 15) is 105 Å². The van der Waals surface area contributed by atoms with Crippen LogP contribution in [-0.2, 0) is 92.2 Å². The van der Waals surface area contributed by atoms with Crippen molar-refractivity contribution in [1.82, 2.24) is 0 Å². The van der Waals surface area contributed by atoms with Crippen LogP contribution in [0.15, 0.2) is 0 Å². The van der Waals surface area contributed by atoms with Gasteiger partial charge in [-0.1, -0.05) is 0 Å². The fourth-order valence-electron chi connectivity index (χ4n) is 0.967. The summed E-state index contributed by atoms with van der Waals surface area (Å²) in [6, 6.07) is 0. The van der Waals surface area contributed by atoms with Crippen LogP contribution in [-0.4, -0.2) is 150 Å². The summed E-state index contributed by atoms with van der Waals surface area (Å²) in [6.07, 6.45) is 0. The molecule has 24 nitrogen and oxygen atoms in total. The Morgan fingerprint density at radius 1 is 0.292 bits per heavy atom. The van der Waals surface area contributed by atoms with Crippen LogP contribution in [0.1, 0.15) is 0 Å². The number of rotatable bonds is 8. The topological polar surface area (TPSA) is 604 Å². The van der Waals surface area contributed by atoms with Crippen molar-refractivity contribution < 1.29 is 222 Å². The summed E-state index contributed by atoms with van der Waals surface area (Å²) < 4.78 is 263. The third-order valence-corrected chi connectivity index (χ3v) is 6.26. The van der Waals surface area contributed by atoms with E-state index < -0.39 is 73.3 Å². The quantitative estimate of drug-likeness (QED) is 0.161. The Bertz CT molecular complexity index is 1040. The molecule has 0 rings (SSSR count). The molecule has 0 atom stereocenters. The standard InChI is InChI=1S/2C3H2F6O6S2.12H2O.2Sc/c2*4-1(5,2(6,7)16(10,11)12)3(8,9)17(13,14)15;;;;;;;;;;;;;;/h2*(H,10,11,12)(H,13,14,15);12*1H2;;/q;;;;;;;;;;;;;;2*+3/p-6. The van der Waals surface area contributed by atoms with Crippen LogP contribution < -0.4 is 0 Å². The number of halogens is 12. The van der Waals surface area contributed by atoms with Crippen molar-refractivity contribution in [3.05, 3.63) is 0 Å². The second-order valence-electron chi connectivity index (χ2n) is 5.03. The normalized spacial score (nSPS) is 11.3. The van der Waals surface area contributed by atoms with Crippen LogP contribution in [0.25, 0.3) is 0 Å². The summed E-state index contributed by atoms with van der Waals surface area (Å²) in [6.45, 7) is 0. The van der Waals surface area contributed by atoms with Gasteiger partial charge in [0.15, 0.2) is 40.5 Å². The minimum Gasteiger partial charge on any atom is -0.870 e. The molecular formula is C6H22F12O24S4Sc2. The maximum absolute atomic E-state index is 12.3. The van der Waals surface area contributed by atoms with E-state index in [0.717, 1.165) is 0 Å². The number of alkyl halides is 12. The molecule has 22 N–H and O–H groups in total. The molecule has 0 aromatic carbocycles. The number of hydrogen-bond donors (Lipinski definition) is 0. The van der Waals surface area contributed by atoms with Crippen molar-refractivity contribution in [3.63, 3.8) is 0 Å². The average Bonchev–Trinajstić information content (AvgIpc) is 2.50. The van der Waals surface area contributed by atoms with Gasteiger partial charge >= 0.3 is 84.5 Å². The molecule has 0 bridgehead atoms. The van der Waals surface area contributed by atoms with E-state index in [0.29, 0.717) is 0 Å². The molecule has 0 aromatic rings. The van der Waals surface area contributed by atoms with Crippen LogP contribution >= 0.6 is 0 Å². The van der Waals surface area contributed by atoms with Crippen molar-refractivity contribution in [1.29, 1.82) is 0 Å². The van der Waals surface area contributed by atoms with Crippen molar-refractivity contribution in [2.75, 3.05) is 0 Å². The first-order chi connectivity index (χ1) is 14.0. The predicted octanol–water partition coefficient (Wildman–Crippen LogP) is -8.81. The molecule has 0 aromatic heterocycles. The van der Waals surface area contributed by atoms with Gasteiger partial charge in [-0.05, 0) is 0 Å². The molecule has 304 valence electrons. The molecule has 0 unspecified atom stereocenters. The molecule has 0 heterocycles. The zero-order valence-corrected chi connectivity index (χ0v) is 28.0. The Labute approximate surface area is 294 Å². The zero-order chi connectivity index (χ0) is 29.0. The van der Waals surface area contributed by atoms with Crippen LogP contribution in [0.3, 0.4) is 0 Å². The Morgan fingerprint density at radius 2 is 0.354 bits per heavy atom. The van der Waals surface area contributed by atoms with E-state index >= 15 is 0 Å². The van der Waals surface area contributed by atoms with Gasteiger partial charge in [-0.15, -0.1) is 0 Å². The van der Waals surface area contributed by atoms with Gasteiger partial charge in [0.05, 0.1) is 0 Å². The van der Waals surface area contributed by atoms with Crippen LogP contribution in [0.2, 0.25) is 0 Å². The molecule has 0 saturated carbocycles. The van der Waals surface area contributed by atoms with E-state index in [4.69, 9.17) is 0 Å². The molecule has 0 aliphatic rings. The molecule has 0 amide bonds. The van der Waals surface area contributed by atoms with E-state index in [1.807, 2.05) is 0 Å². The SMILES string of the molecule is O.O.O.O.O.O.O.O.O.O.O=S(=O)([O-])C(F)(F)C(F)(F)C(F)(F)S(=O)(=O)[O-].O=S(=O)([O-])C(F)(F)C(F)(F)C(F)(F)S(=O)(=O)[O-].[OH-].[OH-].[Sc+3].[Sc+3]. The maximum atomic E-state index is 12.3. The van der Waals surface area contributed by atoms with Gasteiger partial charge in [0.25, 0.3) is 0 Å². The zero-order valence-electron chi connectivity index (χ0n) is 21.1. The molecule has 0 spiro atoms. The van der Waals surface area contributed by atoms with Gasteiger partial charge in [0, 0.05) is 0 Å². The third kappa shape index (κ3) is 18.0. The fourth-order valence-corrected chi connectivity index (χ4v) is 2.86. The Hall–Kier alpha value is 0.0603. The monoisotopic (exact) mass is 924 g/mol. The van der Waals surface area contributed by atoms with E-state index in [1.54, 1.807) is 0 Å². The molecule has 0 aliphatic carbocycles. The summed E-state index contributed by atoms with van der Waals surface area (Å²) in [5.74, 6) is -14.4. The summed E-state index contributed by atoms with van der Waals surface area (Å²) >= 11 is 0. The Morgan fingerprint density at radius 3 is 0.396 bits per heavy atom. The van der Waals surface area contributed by atoms with Crippen molar-refractivity contribution in [2.24, 2.45) is 0 Å². The molecule has 0 radical (unpaired) electrons. The second kappa shape index (κ2) is 27.7. The summed E-state index contributed by atoms with van der Waals surface area (Å²) in [5.41, 5.74) is 0. The van der Waals surface area contributed by atoms with Crippen molar-refractivity contribution in [3.8, 4) is 0 Å². The van der Waals surface area contributed by atoms with E-state index in [-0.39, 0.29) is 117 Å². The first-order valence-electron chi connectivity index (χ1n) is 6.08. The smallest absolute Gasteiger partial charge is 0.870 e. The summed E-state index contributed by atoms with van der Waals surface area (Å²) in [4.78, 5) is 0.